The maximum atomic E-state index is 13.9. The van der Waals surface area contributed by atoms with Gasteiger partial charge >= 0.3 is 12.3 Å². The molecule has 5 rings (SSSR count). The predicted octanol–water partition coefficient (Wildman–Crippen LogP) is 4.80. The van der Waals surface area contributed by atoms with Crippen molar-refractivity contribution in [3.63, 3.8) is 0 Å². The van der Waals surface area contributed by atoms with Gasteiger partial charge in [-0.25, -0.2) is 0 Å². The molecule has 1 heterocycles. The van der Waals surface area contributed by atoms with Crippen LogP contribution in [0.3, 0.4) is 0 Å². The van der Waals surface area contributed by atoms with Crippen molar-refractivity contribution in [2.24, 2.45) is 5.92 Å². The van der Waals surface area contributed by atoms with Gasteiger partial charge in [-0.1, -0.05) is 12.5 Å². The number of fused-ring (bicyclic) bond motifs is 2. The molecule has 0 radical (unpaired) electrons. The van der Waals surface area contributed by atoms with Gasteiger partial charge in [-0.05, 0) is 73.2 Å². The number of amides is 2. The number of carboxylic acid groups (broad SMARTS) is 1. The summed E-state index contributed by atoms with van der Waals surface area (Å²) >= 11 is 0. The quantitative estimate of drug-likeness (QED) is 0.493. The Bertz CT molecular complexity index is 1260. The molecule has 0 unspecified atom stereocenters. The third-order valence-corrected chi connectivity index (χ3v) is 7.76. The molecule has 0 bridgehead atoms. The average molecular weight is 547 g/mol. The van der Waals surface area contributed by atoms with E-state index in [0.717, 1.165) is 37.8 Å². The smallest absolute Gasteiger partial charge is 0.481 e. The van der Waals surface area contributed by atoms with Gasteiger partial charge < -0.3 is 24.7 Å². The van der Waals surface area contributed by atoms with Crippen LogP contribution in [0.5, 0.6) is 5.75 Å². The lowest BCUT2D eigenvalue weighted by Crippen LogP contribution is -2.53. The van der Waals surface area contributed by atoms with Gasteiger partial charge in [-0.2, -0.15) is 0 Å². The van der Waals surface area contributed by atoms with Crippen molar-refractivity contribution in [2.75, 3.05) is 4.90 Å². The Morgan fingerprint density at radius 3 is 2.33 bits per heavy atom. The molecule has 1 aliphatic heterocycles. The molecular weight excluding hydrogens is 517 g/mol. The van der Waals surface area contributed by atoms with Gasteiger partial charge in [-0.3, -0.25) is 14.4 Å². The number of hydrogen-bond donors (Lipinski definition) is 2. The zero-order valence-electron chi connectivity index (χ0n) is 21.1. The van der Waals surface area contributed by atoms with Crippen molar-refractivity contribution < 1.29 is 42.5 Å². The summed E-state index contributed by atoms with van der Waals surface area (Å²) in [6, 6.07) is 9.42. The largest absolute Gasteiger partial charge is 0.573 e. The van der Waals surface area contributed by atoms with Crippen LogP contribution in [-0.4, -0.2) is 51.3 Å². The van der Waals surface area contributed by atoms with Crippen LogP contribution in [0.2, 0.25) is 0 Å². The second-order valence-electron chi connectivity index (χ2n) is 10.3. The number of ether oxygens (including phenoxy) is 1. The Morgan fingerprint density at radius 1 is 1.00 bits per heavy atom. The molecule has 3 atom stereocenters. The molecule has 2 fully saturated rings. The molecule has 2 N–H and O–H groups in total. The third kappa shape index (κ3) is 5.59. The van der Waals surface area contributed by atoms with E-state index in [1.807, 2.05) is 4.90 Å². The third-order valence-electron chi connectivity index (χ3n) is 7.76. The van der Waals surface area contributed by atoms with Crippen molar-refractivity contribution in [3.8, 4) is 5.75 Å². The molecule has 0 aromatic heterocycles. The van der Waals surface area contributed by atoms with Crippen LogP contribution in [0, 0.1) is 5.92 Å². The van der Waals surface area contributed by atoms with E-state index >= 15 is 0 Å². The number of hydrogen-bond acceptors (Lipinski definition) is 5. The summed E-state index contributed by atoms with van der Waals surface area (Å²) in [5.41, 5.74) is 2.11. The van der Waals surface area contributed by atoms with Gasteiger partial charge in [0.05, 0.1) is 19.1 Å². The zero-order valence-corrected chi connectivity index (χ0v) is 21.1. The van der Waals surface area contributed by atoms with E-state index in [1.165, 1.54) is 12.1 Å². The molecule has 0 saturated heterocycles. The Labute approximate surface area is 223 Å². The minimum Gasteiger partial charge on any atom is -0.481 e. The van der Waals surface area contributed by atoms with Crippen molar-refractivity contribution in [3.05, 3.63) is 59.2 Å². The second kappa shape index (κ2) is 10.5. The molecule has 0 spiro atoms. The number of carbonyl (C=O) groups excluding carboxylic acids is 2. The number of halogens is 3. The number of nitrogens with zero attached hydrogens (tertiary/aromatic N) is 2. The first kappa shape index (κ1) is 27.0. The Hall–Kier alpha value is -3.60. The SMILES string of the molecule is O=C(O)CCC(=O)N(C1CC1)[C@H]1c2cc(CO)ccc2N(C(=O)c2ccc(OC(F)(F)F)cc2)[C@H]2CCC[C@H]21. The van der Waals surface area contributed by atoms with E-state index in [-0.39, 0.29) is 60.9 Å². The fraction of sp³-hybridized carbons (Fsp3) is 0.464. The molecular formula is C28H29F3N2O6. The number of rotatable bonds is 8. The topological polar surface area (TPSA) is 107 Å². The van der Waals surface area contributed by atoms with Crippen LogP contribution in [-0.2, 0) is 16.2 Å². The van der Waals surface area contributed by atoms with Crippen LogP contribution < -0.4 is 9.64 Å². The van der Waals surface area contributed by atoms with Gasteiger partial charge in [0.1, 0.15) is 5.75 Å². The van der Waals surface area contributed by atoms with Crippen LogP contribution >= 0.6 is 0 Å². The highest BCUT2D eigenvalue weighted by Gasteiger charge is 2.51. The lowest BCUT2D eigenvalue weighted by Gasteiger charge is -2.48. The van der Waals surface area contributed by atoms with E-state index in [1.54, 1.807) is 23.1 Å². The van der Waals surface area contributed by atoms with Crippen molar-refractivity contribution in [2.45, 2.75) is 76.0 Å². The average Bonchev–Trinajstić information content (AvgIpc) is 3.61. The summed E-state index contributed by atoms with van der Waals surface area (Å²) in [5.74, 6) is -2.21. The van der Waals surface area contributed by atoms with Gasteiger partial charge in [0.15, 0.2) is 0 Å². The number of carboxylic acids is 1. The lowest BCUT2D eigenvalue weighted by atomic mass is 9.80. The van der Waals surface area contributed by atoms with E-state index < -0.39 is 18.1 Å². The zero-order chi connectivity index (χ0) is 27.9. The number of alkyl halides is 3. The molecule has 208 valence electrons. The highest BCUT2D eigenvalue weighted by atomic mass is 19.4. The van der Waals surface area contributed by atoms with Gasteiger partial charge in [0.25, 0.3) is 5.91 Å². The number of anilines is 1. The predicted molar refractivity (Wildman–Crippen MR) is 133 cm³/mol. The molecule has 2 aromatic carbocycles. The van der Waals surface area contributed by atoms with Gasteiger partial charge in [0.2, 0.25) is 5.91 Å². The number of aliphatic hydroxyl groups excluding tert-OH is 1. The molecule has 39 heavy (non-hydrogen) atoms. The molecule has 2 aliphatic carbocycles. The minimum absolute atomic E-state index is 0.00777. The highest BCUT2D eigenvalue weighted by molar-refractivity contribution is 6.07. The van der Waals surface area contributed by atoms with E-state index in [0.29, 0.717) is 23.2 Å². The van der Waals surface area contributed by atoms with Crippen molar-refractivity contribution >= 4 is 23.5 Å². The Balaban J connectivity index is 1.54. The van der Waals surface area contributed by atoms with E-state index in [9.17, 15) is 32.7 Å². The summed E-state index contributed by atoms with van der Waals surface area (Å²) in [7, 11) is 0. The molecule has 3 aliphatic rings. The Kier molecular flexibility index (Phi) is 7.28. The Morgan fingerprint density at radius 2 is 1.72 bits per heavy atom. The molecule has 2 aromatic rings. The van der Waals surface area contributed by atoms with E-state index in [4.69, 9.17) is 5.11 Å². The molecule has 2 amide bonds. The normalized spacial score (nSPS) is 22.2. The van der Waals surface area contributed by atoms with Gasteiger partial charge in [-0.15, -0.1) is 13.2 Å². The minimum atomic E-state index is -4.84. The number of aliphatic carboxylic acids is 1. The monoisotopic (exact) mass is 546 g/mol. The van der Waals surface area contributed by atoms with E-state index in [2.05, 4.69) is 4.74 Å². The van der Waals surface area contributed by atoms with Crippen LogP contribution in [0.1, 0.15) is 72.5 Å². The van der Waals surface area contributed by atoms with Gasteiger partial charge in [0, 0.05) is 35.7 Å². The van der Waals surface area contributed by atoms with Crippen LogP contribution in [0.25, 0.3) is 0 Å². The lowest BCUT2D eigenvalue weighted by molar-refractivity contribution is -0.274. The molecule has 2 saturated carbocycles. The summed E-state index contributed by atoms with van der Waals surface area (Å²) in [4.78, 5) is 41.9. The summed E-state index contributed by atoms with van der Waals surface area (Å²) in [5, 5.41) is 19.0. The maximum absolute atomic E-state index is 13.9. The standard InChI is InChI=1S/C28H29F3N2O6/c29-28(30,31)39-19-9-5-17(6-10-19)27(38)33-22-3-1-2-20(22)26(21-14-16(15-34)4-11-23(21)33)32(18-7-8-18)24(35)12-13-25(36)37/h4-6,9-11,14,18,20,22,26,34H,1-3,7-8,12-13,15H2,(H,36,37)/t20-,22+,26-/m1/s1. The van der Waals surface area contributed by atoms with Crippen LogP contribution in [0.15, 0.2) is 42.5 Å². The first-order valence-electron chi connectivity index (χ1n) is 13.0. The number of carbonyl (C=O) groups is 3. The fourth-order valence-corrected chi connectivity index (χ4v) is 6.06. The van der Waals surface area contributed by atoms with Crippen molar-refractivity contribution in [1.29, 1.82) is 0 Å². The van der Waals surface area contributed by atoms with Crippen LogP contribution in [0.4, 0.5) is 18.9 Å². The number of aliphatic hydroxyl groups is 1. The summed E-state index contributed by atoms with van der Waals surface area (Å²) < 4.78 is 41.7. The fourth-order valence-electron chi connectivity index (χ4n) is 6.06. The second-order valence-corrected chi connectivity index (χ2v) is 10.3. The summed E-state index contributed by atoms with van der Waals surface area (Å²) in [6.45, 7) is -0.237. The molecule has 8 nitrogen and oxygen atoms in total. The van der Waals surface area contributed by atoms with Crippen molar-refractivity contribution in [1.82, 2.24) is 4.90 Å². The first-order chi connectivity index (χ1) is 18.6. The molecule has 11 heteroatoms. The number of benzene rings is 2. The highest BCUT2D eigenvalue weighted by Crippen LogP contribution is 2.53. The summed E-state index contributed by atoms with van der Waals surface area (Å²) in [6.07, 6.45) is -1.36. The first-order valence-corrected chi connectivity index (χ1v) is 13.0. The maximum Gasteiger partial charge on any atom is 0.573 e.